The second-order valence-electron chi connectivity index (χ2n) is 6.10. The third-order valence-electron chi connectivity index (χ3n) is 4.41. The van der Waals surface area contributed by atoms with Gasteiger partial charge in [0.25, 0.3) is 0 Å². The SMILES string of the molecule is CCC1C(=O)NC(CC)(CC)C(=O)N1CC(C)(C)OC. The summed E-state index contributed by atoms with van der Waals surface area (Å²) in [7, 11) is 1.63. The van der Waals surface area contributed by atoms with Gasteiger partial charge in [-0.2, -0.15) is 0 Å². The van der Waals surface area contributed by atoms with E-state index < -0.39 is 17.2 Å². The Labute approximate surface area is 122 Å². The van der Waals surface area contributed by atoms with E-state index in [1.54, 1.807) is 12.0 Å². The average Bonchev–Trinajstić information content (AvgIpc) is 2.42. The van der Waals surface area contributed by atoms with E-state index in [1.165, 1.54) is 0 Å². The molecule has 20 heavy (non-hydrogen) atoms. The predicted octanol–water partition coefficient (Wildman–Crippen LogP) is 1.71. The molecule has 1 unspecified atom stereocenters. The van der Waals surface area contributed by atoms with Gasteiger partial charge in [0.15, 0.2) is 0 Å². The molecule has 1 rings (SSSR count). The Hall–Kier alpha value is -1.10. The van der Waals surface area contributed by atoms with Crippen LogP contribution >= 0.6 is 0 Å². The van der Waals surface area contributed by atoms with Crippen molar-refractivity contribution in [2.24, 2.45) is 0 Å². The summed E-state index contributed by atoms with van der Waals surface area (Å²) in [6, 6.07) is -0.400. The Morgan fingerprint density at radius 2 is 1.80 bits per heavy atom. The van der Waals surface area contributed by atoms with Crippen molar-refractivity contribution in [3.05, 3.63) is 0 Å². The lowest BCUT2D eigenvalue weighted by Gasteiger charge is -2.47. The largest absolute Gasteiger partial charge is 0.377 e. The van der Waals surface area contributed by atoms with Crippen molar-refractivity contribution in [1.29, 1.82) is 0 Å². The van der Waals surface area contributed by atoms with Crippen LogP contribution in [-0.4, -0.2) is 47.6 Å². The number of nitrogens with zero attached hydrogens (tertiary/aromatic N) is 1. The minimum absolute atomic E-state index is 0.0130. The van der Waals surface area contributed by atoms with Gasteiger partial charge in [-0.05, 0) is 33.1 Å². The topological polar surface area (TPSA) is 58.6 Å². The van der Waals surface area contributed by atoms with Gasteiger partial charge in [0, 0.05) is 7.11 Å². The highest BCUT2D eigenvalue weighted by atomic mass is 16.5. The molecule has 2 amide bonds. The van der Waals surface area contributed by atoms with E-state index in [9.17, 15) is 9.59 Å². The monoisotopic (exact) mass is 284 g/mol. The Bertz CT molecular complexity index is 375. The highest BCUT2D eigenvalue weighted by molar-refractivity contribution is 5.99. The summed E-state index contributed by atoms with van der Waals surface area (Å²) < 4.78 is 5.43. The quantitative estimate of drug-likeness (QED) is 0.808. The fraction of sp³-hybridized carbons (Fsp3) is 0.867. The second-order valence-corrected chi connectivity index (χ2v) is 6.10. The summed E-state index contributed by atoms with van der Waals surface area (Å²) >= 11 is 0. The molecule has 1 saturated heterocycles. The second kappa shape index (κ2) is 6.12. The van der Waals surface area contributed by atoms with E-state index >= 15 is 0 Å². The highest BCUT2D eigenvalue weighted by Gasteiger charge is 2.49. The molecule has 0 saturated carbocycles. The van der Waals surface area contributed by atoms with Gasteiger partial charge in [0.1, 0.15) is 11.6 Å². The maximum absolute atomic E-state index is 12.9. The molecule has 1 atom stereocenters. The first-order valence-corrected chi connectivity index (χ1v) is 7.45. The van der Waals surface area contributed by atoms with Crippen LogP contribution < -0.4 is 5.32 Å². The lowest BCUT2D eigenvalue weighted by Crippen LogP contribution is -2.71. The van der Waals surface area contributed by atoms with E-state index in [-0.39, 0.29) is 11.8 Å². The van der Waals surface area contributed by atoms with E-state index in [0.717, 1.165) is 0 Å². The number of amides is 2. The molecule has 1 heterocycles. The summed E-state index contributed by atoms with van der Waals surface area (Å²) in [5.74, 6) is -0.0400. The number of methoxy groups -OCH3 is 1. The number of nitrogens with one attached hydrogen (secondary N) is 1. The zero-order chi connectivity index (χ0) is 15.6. The molecule has 0 aromatic rings. The molecule has 0 aromatic carbocycles. The van der Waals surface area contributed by atoms with E-state index in [4.69, 9.17) is 4.74 Å². The molecule has 0 spiro atoms. The molecule has 0 bridgehead atoms. The van der Waals surface area contributed by atoms with E-state index in [1.807, 2.05) is 34.6 Å². The van der Waals surface area contributed by atoms with Crippen LogP contribution in [0.3, 0.4) is 0 Å². The first-order chi connectivity index (χ1) is 9.26. The highest BCUT2D eigenvalue weighted by Crippen LogP contribution is 2.28. The molecular weight excluding hydrogens is 256 g/mol. The lowest BCUT2D eigenvalue weighted by molar-refractivity contribution is -0.159. The van der Waals surface area contributed by atoms with Crippen molar-refractivity contribution < 1.29 is 14.3 Å². The van der Waals surface area contributed by atoms with Crippen LogP contribution in [0.2, 0.25) is 0 Å². The van der Waals surface area contributed by atoms with Crippen molar-refractivity contribution >= 4 is 11.8 Å². The number of hydrogen-bond donors (Lipinski definition) is 1. The number of hydrogen-bond acceptors (Lipinski definition) is 3. The zero-order valence-corrected chi connectivity index (χ0v) is 13.6. The van der Waals surface area contributed by atoms with Crippen LogP contribution in [-0.2, 0) is 14.3 Å². The smallest absolute Gasteiger partial charge is 0.249 e. The van der Waals surface area contributed by atoms with Crippen molar-refractivity contribution in [3.63, 3.8) is 0 Å². The van der Waals surface area contributed by atoms with E-state index in [0.29, 0.717) is 25.8 Å². The van der Waals surface area contributed by atoms with Gasteiger partial charge in [-0.1, -0.05) is 20.8 Å². The molecular formula is C15H28N2O3. The fourth-order valence-electron chi connectivity index (χ4n) is 2.72. The normalized spacial score (nSPS) is 22.9. The van der Waals surface area contributed by atoms with Crippen molar-refractivity contribution in [3.8, 4) is 0 Å². The van der Waals surface area contributed by atoms with Gasteiger partial charge in [-0.15, -0.1) is 0 Å². The Kier molecular flexibility index (Phi) is 5.19. The molecule has 1 aliphatic heterocycles. The van der Waals surface area contributed by atoms with Crippen LogP contribution in [0.4, 0.5) is 0 Å². The van der Waals surface area contributed by atoms with Crippen LogP contribution in [0.15, 0.2) is 0 Å². The molecule has 0 aromatic heterocycles. The summed E-state index contributed by atoms with van der Waals surface area (Å²) in [5, 5.41) is 2.94. The zero-order valence-electron chi connectivity index (χ0n) is 13.6. The molecule has 0 radical (unpaired) electrons. The van der Waals surface area contributed by atoms with E-state index in [2.05, 4.69) is 5.32 Å². The number of carbonyl (C=O) groups excluding carboxylic acids is 2. The van der Waals surface area contributed by atoms with Gasteiger partial charge in [0.05, 0.1) is 12.1 Å². The van der Waals surface area contributed by atoms with Gasteiger partial charge in [-0.25, -0.2) is 0 Å². The summed E-state index contributed by atoms with van der Waals surface area (Å²) in [6.07, 6.45) is 1.82. The molecule has 5 heteroatoms. The first kappa shape index (κ1) is 17.0. The van der Waals surface area contributed by atoms with Gasteiger partial charge in [-0.3, -0.25) is 9.59 Å². The van der Waals surface area contributed by atoms with Crippen molar-refractivity contribution in [2.75, 3.05) is 13.7 Å². The molecule has 0 aliphatic carbocycles. The standard InChI is InChI=1S/C15H28N2O3/c1-7-11-12(18)16-15(8-2,9-3)13(19)17(11)10-14(4,5)20-6/h11H,7-10H2,1-6H3,(H,16,18). The van der Waals surface area contributed by atoms with Crippen LogP contribution in [0, 0.1) is 0 Å². The van der Waals surface area contributed by atoms with Crippen LogP contribution in [0.25, 0.3) is 0 Å². The summed E-state index contributed by atoms with van der Waals surface area (Å²) in [5.41, 5.74) is -1.22. The molecule has 116 valence electrons. The summed E-state index contributed by atoms with van der Waals surface area (Å²) in [4.78, 5) is 26.9. The van der Waals surface area contributed by atoms with Crippen molar-refractivity contribution in [1.82, 2.24) is 10.2 Å². The number of piperazine rings is 1. The predicted molar refractivity (Wildman–Crippen MR) is 78.3 cm³/mol. The average molecular weight is 284 g/mol. The molecule has 5 nitrogen and oxygen atoms in total. The fourth-order valence-corrected chi connectivity index (χ4v) is 2.72. The molecule has 1 aliphatic rings. The Morgan fingerprint density at radius 1 is 1.25 bits per heavy atom. The van der Waals surface area contributed by atoms with Crippen LogP contribution in [0.1, 0.15) is 53.9 Å². The lowest BCUT2D eigenvalue weighted by atomic mass is 9.86. The molecule has 1 fully saturated rings. The minimum Gasteiger partial charge on any atom is -0.377 e. The number of carbonyl (C=O) groups is 2. The maximum atomic E-state index is 12.9. The third kappa shape index (κ3) is 2.97. The maximum Gasteiger partial charge on any atom is 0.249 e. The Balaban J connectivity index is 3.13. The minimum atomic E-state index is -0.757. The van der Waals surface area contributed by atoms with Gasteiger partial charge >= 0.3 is 0 Å². The first-order valence-electron chi connectivity index (χ1n) is 7.45. The van der Waals surface area contributed by atoms with Crippen molar-refractivity contribution in [2.45, 2.75) is 71.1 Å². The van der Waals surface area contributed by atoms with Gasteiger partial charge in [0.2, 0.25) is 11.8 Å². The number of ether oxygens (including phenoxy) is 1. The molecule has 1 N–H and O–H groups in total. The van der Waals surface area contributed by atoms with Crippen LogP contribution in [0.5, 0.6) is 0 Å². The van der Waals surface area contributed by atoms with Gasteiger partial charge < -0.3 is 15.0 Å². The third-order valence-corrected chi connectivity index (χ3v) is 4.41. The summed E-state index contributed by atoms with van der Waals surface area (Å²) in [6.45, 7) is 10.1. The Morgan fingerprint density at radius 3 is 2.20 bits per heavy atom. The number of rotatable bonds is 6.